The van der Waals surface area contributed by atoms with Crippen LogP contribution in [0.1, 0.15) is 25.8 Å². The highest BCUT2D eigenvalue weighted by atomic mass is 32.2. The van der Waals surface area contributed by atoms with E-state index in [1.165, 1.54) is 25.3 Å². The van der Waals surface area contributed by atoms with E-state index >= 15 is 0 Å². The van der Waals surface area contributed by atoms with Crippen molar-refractivity contribution in [1.29, 1.82) is 0 Å². The van der Waals surface area contributed by atoms with Crippen LogP contribution >= 0.6 is 0 Å². The van der Waals surface area contributed by atoms with Gasteiger partial charge in [0.25, 0.3) is 0 Å². The topological polar surface area (TPSA) is 110 Å². The summed E-state index contributed by atoms with van der Waals surface area (Å²) >= 11 is 0. The maximum atomic E-state index is 12.4. The SMILES string of the molecule is CC[C@H](C)[C@H](NS(=O)(=O)c1cccc(CC(=O)OC)c1)C(=O)O. The van der Waals surface area contributed by atoms with Crippen molar-refractivity contribution in [2.45, 2.75) is 37.6 Å². The molecule has 2 atom stereocenters. The molecule has 1 aromatic rings. The zero-order valence-corrected chi connectivity index (χ0v) is 14.1. The molecule has 0 spiro atoms. The number of carbonyl (C=O) groups excluding carboxylic acids is 1. The summed E-state index contributed by atoms with van der Waals surface area (Å²) in [6.45, 7) is 3.45. The van der Waals surface area contributed by atoms with Gasteiger partial charge in [0, 0.05) is 0 Å². The molecule has 0 aromatic heterocycles. The number of sulfonamides is 1. The van der Waals surface area contributed by atoms with Crippen molar-refractivity contribution in [3.8, 4) is 0 Å². The molecule has 0 saturated carbocycles. The number of aliphatic carboxylic acids is 1. The van der Waals surface area contributed by atoms with Crippen LogP contribution in [0.25, 0.3) is 0 Å². The maximum Gasteiger partial charge on any atom is 0.322 e. The summed E-state index contributed by atoms with van der Waals surface area (Å²) in [6, 6.07) is 4.55. The number of benzene rings is 1. The minimum atomic E-state index is -4.01. The van der Waals surface area contributed by atoms with Gasteiger partial charge < -0.3 is 9.84 Å². The van der Waals surface area contributed by atoms with Crippen molar-refractivity contribution >= 4 is 22.0 Å². The van der Waals surface area contributed by atoms with E-state index in [-0.39, 0.29) is 17.2 Å². The Kier molecular flexibility index (Phi) is 6.71. The number of rotatable bonds is 8. The summed E-state index contributed by atoms with van der Waals surface area (Å²) in [5, 5.41) is 9.20. The molecule has 1 aromatic carbocycles. The van der Waals surface area contributed by atoms with Gasteiger partial charge in [-0.3, -0.25) is 9.59 Å². The van der Waals surface area contributed by atoms with Gasteiger partial charge in [0.15, 0.2) is 0 Å². The van der Waals surface area contributed by atoms with Crippen molar-refractivity contribution < 1.29 is 27.9 Å². The second-order valence-corrected chi connectivity index (χ2v) is 6.94. The molecule has 23 heavy (non-hydrogen) atoms. The number of ether oxygens (including phenoxy) is 1. The van der Waals surface area contributed by atoms with Gasteiger partial charge in [-0.15, -0.1) is 0 Å². The molecular weight excluding hydrogens is 322 g/mol. The molecule has 0 bridgehead atoms. The van der Waals surface area contributed by atoms with Crippen LogP contribution in [0, 0.1) is 5.92 Å². The van der Waals surface area contributed by atoms with E-state index in [1.807, 2.05) is 0 Å². The molecule has 0 saturated heterocycles. The van der Waals surface area contributed by atoms with Gasteiger partial charge in [0.2, 0.25) is 10.0 Å². The Morgan fingerprint density at radius 1 is 1.35 bits per heavy atom. The second kappa shape index (κ2) is 8.07. The summed E-state index contributed by atoms with van der Waals surface area (Å²) in [5.74, 6) is -2.08. The summed E-state index contributed by atoms with van der Waals surface area (Å²) in [5.41, 5.74) is 0.468. The number of carboxylic acid groups (broad SMARTS) is 1. The Morgan fingerprint density at radius 3 is 2.52 bits per heavy atom. The lowest BCUT2D eigenvalue weighted by Gasteiger charge is -2.20. The highest BCUT2D eigenvalue weighted by Crippen LogP contribution is 2.16. The largest absolute Gasteiger partial charge is 0.480 e. The number of methoxy groups -OCH3 is 1. The molecule has 0 fully saturated rings. The second-order valence-electron chi connectivity index (χ2n) is 5.22. The maximum absolute atomic E-state index is 12.4. The summed E-state index contributed by atoms with van der Waals surface area (Å²) < 4.78 is 31.5. The monoisotopic (exact) mass is 343 g/mol. The van der Waals surface area contributed by atoms with E-state index in [2.05, 4.69) is 9.46 Å². The third-order valence-corrected chi connectivity index (χ3v) is 4.98. The number of nitrogens with one attached hydrogen (secondary N) is 1. The first-order valence-electron chi connectivity index (χ1n) is 7.12. The van der Waals surface area contributed by atoms with Crippen LogP contribution in [0.3, 0.4) is 0 Å². The fourth-order valence-corrected chi connectivity index (χ4v) is 3.31. The number of hydrogen-bond acceptors (Lipinski definition) is 5. The van der Waals surface area contributed by atoms with Gasteiger partial charge in [-0.2, -0.15) is 4.72 Å². The van der Waals surface area contributed by atoms with E-state index in [0.29, 0.717) is 12.0 Å². The highest BCUT2D eigenvalue weighted by Gasteiger charge is 2.29. The summed E-state index contributed by atoms with van der Waals surface area (Å²) in [6.07, 6.45) is 0.454. The lowest BCUT2D eigenvalue weighted by Crippen LogP contribution is -2.44. The summed E-state index contributed by atoms with van der Waals surface area (Å²) in [4.78, 5) is 22.5. The third-order valence-electron chi connectivity index (χ3n) is 3.55. The van der Waals surface area contributed by atoms with Crippen LogP contribution in [-0.2, 0) is 30.8 Å². The molecular formula is C15H21NO6S. The van der Waals surface area contributed by atoms with Crippen molar-refractivity contribution in [3.63, 3.8) is 0 Å². The van der Waals surface area contributed by atoms with E-state index in [1.54, 1.807) is 19.9 Å². The third kappa shape index (κ3) is 5.33. The Morgan fingerprint density at radius 2 is 2.00 bits per heavy atom. The predicted molar refractivity (Wildman–Crippen MR) is 83.4 cm³/mol. The molecule has 7 nitrogen and oxygen atoms in total. The first-order valence-corrected chi connectivity index (χ1v) is 8.60. The van der Waals surface area contributed by atoms with Crippen LogP contribution < -0.4 is 4.72 Å². The predicted octanol–water partition coefficient (Wildman–Crippen LogP) is 1.18. The summed E-state index contributed by atoms with van der Waals surface area (Å²) in [7, 11) is -2.76. The zero-order valence-electron chi connectivity index (χ0n) is 13.3. The Labute approximate surface area is 135 Å². The molecule has 8 heteroatoms. The number of hydrogen-bond donors (Lipinski definition) is 2. The van der Waals surface area contributed by atoms with Crippen LogP contribution in [0.15, 0.2) is 29.2 Å². The van der Waals surface area contributed by atoms with Crippen LogP contribution in [0.2, 0.25) is 0 Å². The number of esters is 1. The van der Waals surface area contributed by atoms with Crippen molar-refractivity contribution in [1.82, 2.24) is 4.72 Å². The Hall–Kier alpha value is -1.93. The quantitative estimate of drug-likeness (QED) is 0.686. The fraction of sp³-hybridized carbons (Fsp3) is 0.467. The Bertz CT molecular complexity index is 670. The van der Waals surface area contributed by atoms with Crippen molar-refractivity contribution in [2.24, 2.45) is 5.92 Å². The molecule has 0 aliphatic heterocycles. The normalized spacial score (nSPS) is 14.0. The van der Waals surface area contributed by atoms with Gasteiger partial charge in [-0.05, 0) is 23.6 Å². The van der Waals surface area contributed by atoms with Gasteiger partial charge in [0.1, 0.15) is 6.04 Å². The molecule has 0 aliphatic carbocycles. The van der Waals surface area contributed by atoms with Gasteiger partial charge in [-0.1, -0.05) is 32.4 Å². The molecule has 0 unspecified atom stereocenters. The van der Waals surface area contributed by atoms with Crippen molar-refractivity contribution in [2.75, 3.05) is 7.11 Å². The van der Waals surface area contributed by atoms with E-state index in [4.69, 9.17) is 0 Å². The molecule has 1 rings (SSSR count). The minimum absolute atomic E-state index is 0.0619. The zero-order chi connectivity index (χ0) is 17.6. The van der Waals surface area contributed by atoms with Gasteiger partial charge in [-0.25, -0.2) is 8.42 Å². The first-order chi connectivity index (χ1) is 10.7. The first kappa shape index (κ1) is 19.1. The van der Waals surface area contributed by atoms with Gasteiger partial charge >= 0.3 is 11.9 Å². The van der Waals surface area contributed by atoms with E-state index in [9.17, 15) is 23.1 Å². The Balaban J connectivity index is 3.06. The smallest absolute Gasteiger partial charge is 0.322 e. The molecule has 0 amide bonds. The number of carbonyl (C=O) groups is 2. The molecule has 0 heterocycles. The van der Waals surface area contributed by atoms with Crippen LogP contribution in [-0.4, -0.2) is 38.6 Å². The van der Waals surface area contributed by atoms with Gasteiger partial charge in [0.05, 0.1) is 18.4 Å². The lowest BCUT2D eigenvalue weighted by atomic mass is 10.0. The number of carboxylic acids is 1. The minimum Gasteiger partial charge on any atom is -0.480 e. The average molecular weight is 343 g/mol. The van der Waals surface area contributed by atoms with E-state index in [0.717, 1.165) is 0 Å². The average Bonchev–Trinajstić information content (AvgIpc) is 2.51. The molecule has 128 valence electrons. The van der Waals surface area contributed by atoms with Crippen LogP contribution in [0.5, 0.6) is 0 Å². The molecule has 2 N–H and O–H groups in total. The standard InChI is InChI=1S/C15H21NO6S/c1-4-10(2)14(15(18)19)16-23(20,21)12-7-5-6-11(8-12)9-13(17)22-3/h5-8,10,14,16H,4,9H2,1-3H3,(H,18,19)/t10-,14-/m0/s1. The molecule has 0 radical (unpaired) electrons. The highest BCUT2D eigenvalue weighted by molar-refractivity contribution is 7.89. The van der Waals surface area contributed by atoms with Crippen LogP contribution in [0.4, 0.5) is 0 Å². The fourth-order valence-electron chi connectivity index (χ4n) is 1.94. The van der Waals surface area contributed by atoms with Crippen molar-refractivity contribution in [3.05, 3.63) is 29.8 Å². The molecule has 0 aliphatic rings. The lowest BCUT2D eigenvalue weighted by molar-refractivity contribution is -0.141. The van der Waals surface area contributed by atoms with E-state index < -0.39 is 28.0 Å².